The van der Waals surface area contributed by atoms with Gasteiger partial charge in [0.15, 0.2) is 5.69 Å². The third-order valence-corrected chi connectivity index (χ3v) is 4.02. The lowest BCUT2D eigenvalue weighted by atomic mass is 10.1. The lowest BCUT2D eigenvalue weighted by Gasteiger charge is -2.27. The Morgan fingerprint density at radius 3 is 3.09 bits per heavy atom. The van der Waals surface area contributed by atoms with Gasteiger partial charge in [0, 0.05) is 26.4 Å². The first kappa shape index (κ1) is 15.0. The largest absolute Gasteiger partial charge is 0.376 e. The van der Waals surface area contributed by atoms with Crippen LogP contribution in [0.2, 0.25) is 0 Å². The molecule has 0 saturated carbocycles. The van der Waals surface area contributed by atoms with Gasteiger partial charge in [-0.25, -0.2) is 4.98 Å². The van der Waals surface area contributed by atoms with Crippen LogP contribution < -0.4 is 0 Å². The molecule has 3 heterocycles. The Balaban J connectivity index is 1.80. The molecule has 2 aromatic rings. The molecule has 0 N–H and O–H groups in total. The van der Waals surface area contributed by atoms with E-state index in [1.807, 2.05) is 6.92 Å². The second kappa shape index (κ2) is 6.04. The van der Waals surface area contributed by atoms with Gasteiger partial charge in [-0.15, -0.1) is 0 Å². The molecule has 1 fully saturated rings. The van der Waals surface area contributed by atoms with Crippen molar-refractivity contribution in [3.8, 4) is 0 Å². The third-order valence-electron chi connectivity index (χ3n) is 4.02. The van der Waals surface area contributed by atoms with Gasteiger partial charge in [0.1, 0.15) is 5.65 Å². The van der Waals surface area contributed by atoms with Crippen molar-refractivity contribution in [3.05, 3.63) is 35.5 Å². The van der Waals surface area contributed by atoms with Crippen LogP contribution in [0.5, 0.6) is 0 Å². The number of aromatic nitrogens is 2. The molecule has 1 saturated heterocycles. The van der Waals surface area contributed by atoms with Crippen LogP contribution in [0.1, 0.15) is 35.3 Å². The van der Waals surface area contributed by atoms with Gasteiger partial charge >= 0.3 is 0 Å². The van der Waals surface area contributed by atoms with Crippen molar-refractivity contribution < 1.29 is 13.9 Å². The molecule has 1 amide bonds. The Morgan fingerprint density at radius 1 is 1.55 bits per heavy atom. The first-order valence-corrected chi connectivity index (χ1v) is 7.57. The topological polar surface area (TPSA) is 46.8 Å². The molecule has 2 aromatic heterocycles. The summed E-state index contributed by atoms with van der Waals surface area (Å²) in [6, 6.07) is 3.54. The van der Waals surface area contributed by atoms with E-state index in [2.05, 4.69) is 4.98 Å². The maximum Gasteiger partial charge on any atom is 0.277 e. The zero-order valence-electron chi connectivity index (χ0n) is 12.9. The lowest BCUT2D eigenvalue weighted by Crippen LogP contribution is -2.37. The zero-order chi connectivity index (χ0) is 15.7. The van der Waals surface area contributed by atoms with Crippen molar-refractivity contribution in [1.82, 2.24) is 14.3 Å². The molecule has 5 nitrogen and oxygen atoms in total. The second-order valence-electron chi connectivity index (χ2n) is 5.86. The Labute approximate surface area is 128 Å². The summed E-state index contributed by atoms with van der Waals surface area (Å²) < 4.78 is 21.3. The first-order valence-electron chi connectivity index (χ1n) is 7.57. The number of imidazole rings is 1. The van der Waals surface area contributed by atoms with E-state index in [0.717, 1.165) is 31.4 Å². The molecule has 1 unspecified atom stereocenters. The van der Waals surface area contributed by atoms with Crippen LogP contribution in [0.3, 0.4) is 0 Å². The highest BCUT2D eigenvalue weighted by atomic mass is 19.1. The molecule has 0 radical (unpaired) electrons. The maximum atomic E-state index is 14.4. The highest BCUT2D eigenvalue weighted by Crippen LogP contribution is 2.17. The highest BCUT2D eigenvalue weighted by Gasteiger charge is 2.25. The fourth-order valence-electron chi connectivity index (χ4n) is 2.77. The average Bonchev–Trinajstić information content (AvgIpc) is 2.83. The summed E-state index contributed by atoms with van der Waals surface area (Å²) in [5, 5.41) is 0. The molecule has 0 aromatic carbocycles. The Kier molecular flexibility index (Phi) is 4.11. The first-order chi connectivity index (χ1) is 10.6. The normalized spacial score (nSPS) is 18.6. The van der Waals surface area contributed by atoms with E-state index in [1.54, 1.807) is 25.4 Å². The quantitative estimate of drug-likeness (QED) is 0.875. The number of hydrogen-bond acceptors (Lipinski definition) is 3. The number of ether oxygens (including phenoxy) is 1. The van der Waals surface area contributed by atoms with Crippen LogP contribution >= 0.6 is 0 Å². The number of rotatable bonds is 3. The molecule has 0 aliphatic carbocycles. The van der Waals surface area contributed by atoms with Gasteiger partial charge in [0.2, 0.25) is 5.95 Å². The molecule has 1 atom stereocenters. The van der Waals surface area contributed by atoms with Gasteiger partial charge in [0.25, 0.3) is 5.91 Å². The number of halogens is 1. The molecule has 1 aliphatic rings. The Morgan fingerprint density at radius 2 is 2.36 bits per heavy atom. The number of likely N-dealkylation sites (N-methyl/N-ethyl adjacent to an activating group) is 1. The van der Waals surface area contributed by atoms with Gasteiger partial charge in [-0.3, -0.25) is 9.20 Å². The van der Waals surface area contributed by atoms with E-state index in [0.29, 0.717) is 12.2 Å². The summed E-state index contributed by atoms with van der Waals surface area (Å²) in [6.07, 6.45) is 4.73. The fourth-order valence-corrected chi connectivity index (χ4v) is 2.77. The summed E-state index contributed by atoms with van der Waals surface area (Å²) in [5.41, 5.74) is 1.28. The number of fused-ring (bicyclic) bond motifs is 1. The van der Waals surface area contributed by atoms with Crippen LogP contribution in [0, 0.1) is 12.9 Å². The van der Waals surface area contributed by atoms with Gasteiger partial charge in [-0.05, 0) is 43.9 Å². The minimum absolute atomic E-state index is 0.0324. The Hall–Kier alpha value is -1.95. The molecule has 1 aliphatic heterocycles. The van der Waals surface area contributed by atoms with Gasteiger partial charge < -0.3 is 9.64 Å². The highest BCUT2D eigenvalue weighted by molar-refractivity contribution is 5.93. The maximum absolute atomic E-state index is 14.4. The van der Waals surface area contributed by atoms with Crippen LogP contribution in [0.4, 0.5) is 4.39 Å². The van der Waals surface area contributed by atoms with Crippen LogP contribution in [-0.2, 0) is 4.74 Å². The van der Waals surface area contributed by atoms with Crippen LogP contribution in [-0.4, -0.2) is 46.5 Å². The number of carbonyl (C=O) groups excluding carboxylic acids is 1. The van der Waals surface area contributed by atoms with Crippen molar-refractivity contribution in [1.29, 1.82) is 0 Å². The second-order valence-corrected chi connectivity index (χ2v) is 5.86. The average molecular weight is 305 g/mol. The summed E-state index contributed by atoms with van der Waals surface area (Å²) in [6.45, 7) is 3.10. The van der Waals surface area contributed by atoms with Crippen molar-refractivity contribution >= 4 is 11.6 Å². The third kappa shape index (κ3) is 2.83. The number of nitrogens with zero attached hydrogens (tertiary/aromatic N) is 3. The minimum atomic E-state index is -0.614. The van der Waals surface area contributed by atoms with Gasteiger partial charge in [0.05, 0.1) is 6.10 Å². The van der Waals surface area contributed by atoms with E-state index in [-0.39, 0.29) is 11.8 Å². The zero-order valence-corrected chi connectivity index (χ0v) is 12.9. The van der Waals surface area contributed by atoms with E-state index in [4.69, 9.17) is 4.74 Å². The van der Waals surface area contributed by atoms with E-state index in [9.17, 15) is 9.18 Å². The number of hydrogen-bond donors (Lipinski definition) is 0. The number of amides is 1. The SMILES string of the molecule is Cc1ccn2c(F)c(C(=O)N(C)CC3CCCCO3)nc2c1. The number of aryl methyl sites for hydroxylation is 1. The monoisotopic (exact) mass is 305 g/mol. The van der Waals surface area contributed by atoms with Crippen molar-refractivity contribution in [2.24, 2.45) is 0 Å². The molecular weight excluding hydrogens is 285 g/mol. The molecule has 6 heteroatoms. The van der Waals surface area contributed by atoms with Crippen molar-refractivity contribution in [2.45, 2.75) is 32.3 Å². The molecule has 3 rings (SSSR count). The predicted molar refractivity (Wildman–Crippen MR) is 80.4 cm³/mol. The summed E-state index contributed by atoms with van der Waals surface area (Å²) in [7, 11) is 1.66. The van der Waals surface area contributed by atoms with E-state index in [1.165, 1.54) is 9.30 Å². The lowest BCUT2D eigenvalue weighted by molar-refractivity contribution is -0.000372. The van der Waals surface area contributed by atoms with E-state index >= 15 is 0 Å². The molecular formula is C16H20FN3O2. The smallest absolute Gasteiger partial charge is 0.277 e. The minimum Gasteiger partial charge on any atom is -0.376 e. The predicted octanol–water partition coefficient (Wildman–Crippen LogP) is 2.42. The molecule has 0 bridgehead atoms. The van der Waals surface area contributed by atoms with Crippen LogP contribution in [0.25, 0.3) is 5.65 Å². The van der Waals surface area contributed by atoms with Crippen LogP contribution in [0.15, 0.2) is 18.3 Å². The van der Waals surface area contributed by atoms with Crippen molar-refractivity contribution in [3.63, 3.8) is 0 Å². The van der Waals surface area contributed by atoms with E-state index < -0.39 is 11.9 Å². The molecule has 0 spiro atoms. The summed E-state index contributed by atoms with van der Waals surface area (Å²) in [4.78, 5) is 18.1. The standard InChI is InChI=1S/C16H20FN3O2/c1-11-6-7-20-13(9-11)18-14(15(20)17)16(21)19(2)10-12-5-3-4-8-22-12/h6-7,9,12H,3-5,8,10H2,1-2H3. The summed E-state index contributed by atoms with van der Waals surface area (Å²) in [5.74, 6) is -1.02. The number of pyridine rings is 1. The Bertz CT molecular complexity index is 692. The van der Waals surface area contributed by atoms with Crippen molar-refractivity contribution in [2.75, 3.05) is 20.2 Å². The molecule has 118 valence electrons. The molecule has 22 heavy (non-hydrogen) atoms. The number of carbonyl (C=O) groups is 1. The fraction of sp³-hybridized carbons (Fsp3) is 0.500. The van der Waals surface area contributed by atoms with Gasteiger partial charge in [-0.2, -0.15) is 4.39 Å². The summed E-state index contributed by atoms with van der Waals surface area (Å²) >= 11 is 0. The van der Waals surface area contributed by atoms with Gasteiger partial charge in [-0.1, -0.05) is 0 Å².